The Labute approximate surface area is 98.7 Å². The molecule has 6 nitrogen and oxygen atoms in total. The van der Waals surface area contributed by atoms with Gasteiger partial charge in [-0.2, -0.15) is 13.2 Å². The first-order valence-corrected chi connectivity index (χ1v) is 4.60. The summed E-state index contributed by atoms with van der Waals surface area (Å²) >= 11 is 0. The molecule has 3 N–H and O–H groups in total. The van der Waals surface area contributed by atoms with Crippen molar-refractivity contribution in [3.05, 3.63) is 33.9 Å². The number of amides is 1. The number of hydrogen-bond donors (Lipinski definition) is 2. The predicted octanol–water partition coefficient (Wildman–Crippen LogP) is 1.47. The van der Waals surface area contributed by atoms with Crippen LogP contribution in [0.3, 0.4) is 0 Å². The molecular weight excluding hydrogens is 255 g/mol. The van der Waals surface area contributed by atoms with Gasteiger partial charge in [-0.1, -0.05) is 6.07 Å². The Morgan fingerprint density at radius 1 is 1.44 bits per heavy atom. The van der Waals surface area contributed by atoms with Crippen LogP contribution in [0.2, 0.25) is 0 Å². The van der Waals surface area contributed by atoms with E-state index in [-0.39, 0.29) is 5.56 Å². The van der Waals surface area contributed by atoms with Gasteiger partial charge in [0.15, 0.2) is 0 Å². The van der Waals surface area contributed by atoms with Crippen molar-refractivity contribution in [2.45, 2.75) is 6.18 Å². The average Bonchev–Trinajstić information content (AvgIpc) is 2.24. The molecule has 9 heteroatoms. The Bertz CT molecular complexity index is 488. The van der Waals surface area contributed by atoms with E-state index in [1.807, 2.05) is 0 Å². The lowest BCUT2D eigenvalue weighted by Crippen LogP contribution is -2.34. The number of alkyl halides is 3. The van der Waals surface area contributed by atoms with Crippen molar-refractivity contribution in [3.8, 4) is 0 Å². The number of rotatable bonds is 3. The molecule has 0 fully saturated rings. The standard InChI is InChI=1S/C9H8F3N3O3/c10-9(11,12)4-14-8(16)5-2-1-3-6(7(5)13)15(17)18/h1-3H,4,13H2,(H,14,16). The van der Waals surface area contributed by atoms with Gasteiger partial charge < -0.3 is 11.1 Å². The highest BCUT2D eigenvalue weighted by molar-refractivity contribution is 6.00. The van der Waals surface area contributed by atoms with Crippen LogP contribution in [0.4, 0.5) is 24.5 Å². The number of nitro groups is 1. The molecule has 18 heavy (non-hydrogen) atoms. The molecule has 98 valence electrons. The average molecular weight is 263 g/mol. The summed E-state index contributed by atoms with van der Waals surface area (Å²) in [5.41, 5.74) is 3.97. The highest BCUT2D eigenvalue weighted by Crippen LogP contribution is 2.24. The van der Waals surface area contributed by atoms with Gasteiger partial charge in [0.1, 0.15) is 12.2 Å². The van der Waals surface area contributed by atoms with Crippen LogP contribution >= 0.6 is 0 Å². The highest BCUT2D eigenvalue weighted by atomic mass is 19.4. The van der Waals surface area contributed by atoms with Crippen LogP contribution in [-0.2, 0) is 0 Å². The number of hydrogen-bond acceptors (Lipinski definition) is 4. The summed E-state index contributed by atoms with van der Waals surface area (Å²) in [5, 5.41) is 12.1. The molecule has 1 aromatic carbocycles. The van der Waals surface area contributed by atoms with E-state index in [2.05, 4.69) is 0 Å². The highest BCUT2D eigenvalue weighted by Gasteiger charge is 2.28. The van der Waals surface area contributed by atoms with E-state index in [1.54, 1.807) is 5.32 Å². The molecule has 0 spiro atoms. The number of nitrogens with one attached hydrogen (secondary N) is 1. The smallest absolute Gasteiger partial charge is 0.393 e. The maximum absolute atomic E-state index is 11.9. The summed E-state index contributed by atoms with van der Waals surface area (Å²) < 4.78 is 35.7. The SMILES string of the molecule is Nc1c(C(=O)NCC(F)(F)F)cccc1[N+](=O)[O-]. The third-order valence-electron chi connectivity index (χ3n) is 1.97. The van der Waals surface area contributed by atoms with E-state index < -0.39 is 34.9 Å². The number of carbonyl (C=O) groups is 1. The molecule has 0 heterocycles. The first-order valence-electron chi connectivity index (χ1n) is 4.60. The summed E-state index contributed by atoms with van der Waals surface area (Å²) in [6.45, 7) is -1.53. The van der Waals surface area contributed by atoms with Gasteiger partial charge in [-0.3, -0.25) is 14.9 Å². The molecule has 1 amide bonds. The second-order valence-corrected chi connectivity index (χ2v) is 3.29. The normalized spacial score (nSPS) is 11.1. The van der Waals surface area contributed by atoms with Crippen LogP contribution in [0.15, 0.2) is 18.2 Å². The summed E-state index contributed by atoms with van der Waals surface area (Å²) in [6.07, 6.45) is -4.56. The fraction of sp³-hybridized carbons (Fsp3) is 0.222. The Morgan fingerprint density at radius 2 is 2.06 bits per heavy atom. The molecule has 0 unspecified atom stereocenters. The van der Waals surface area contributed by atoms with Crippen LogP contribution in [0.1, 0.15) is 10.4 Å². The monoisotopic (exact) mass is 263 g/mol. The quantitative estimate of drug-likeness (QED) is 0.490. The predicted molar refractivity (Wildman–Crippen MR) is 55.9 cm³/mol. The molecule has 0 saturated heterocycles. The van der Waals surface area contributed by atoms with E-state index in [4.69, 9.17) is 5.73 Å². The number of nitro benzene ring substituents is 1. The van der Waals surface area contributed by atoms with Crippen LogP contribution in [0.25, 0.3) is 0 Å². The molecule has 0 aliphatic heterocycles. The zero-order valence-electron chi connectivity index (χ0n) is 8.82. The van der Waals surface area contributed by atoms with Crippen molar-refractivity contribution in [1.29, 1.82) is 0 Å². The fourth-order valence-electron chi connectivity index (χ4n) is 1.19. The summed E-state index contributed by atoms with van der Waals surface area (Å²) in [4.78, 5) is 21.1. The van der Waals surface area contributed by atoms with Crippen molar-refractivity contribution >= 4 is 17.3 Å². The maximum atomic E-state index is 11.9. The third-order valence-corrected chi connectivity index (χ3v) is 1.97. The largest absolute Gasteiger partial charge is 0.405 e. The van der Waals surface area contributed by atoms with Crippen molar-refractivity contribution in [3.63, 3.8) is 0 Å². The lowest BCUT2D eigenvalue weighted by molar-refractivity contribution is -0.383. The number of benzene rings is 1. The Kier molecular flexibility index (Phi) is 3.74. The van der Waals surface area contributed by atoms with Gasteiger partial charge in [0.25, 0.3) is 11.6 Å². The number of nitrogens with two attached hydrogens (primary N) is 1. The van der Waals surface area contributed by atoms with Crippen LogP contribution in [0.5, 0.6) is 0 Å². The lowest BCUT2D eigenvalue weighted by Gasteiger charge is -2.09. The summed E-state index contributed by atoms with van der Waals surface area (Å²) in [7, 11) is 0. The molecule has 0 saturated carbocycles. The summed E-state index contributed by atoms with van der Waals surface area (Å²) in [5.74, 6) is -1.12. The molecule has 1 aromatic rings. The molecule has 0 radical (unpaired) electrons. The van der Waals surface area contributed by atoms with Crippen LogP contribution in [0, 0.1) is 10.1 Å². The minimum atomic E-state index is -4.56. The maximum Gasteiger partial charge on any atom is 0.405 e. The van der Waals surface area contributed by atoms with E-state index in [0.717, 1.165) is 18.2 Å². The van der Waals surface area contributed by atoms with Gasteiger partial charge in [0.2, 0.25) is 0 Å². The minimum absolute atomic E-state index is 0.367. The molecule has 0 bridgehead atoms. The van der Waals surface area contributed by atoms with E-state index >= 15 is 0 Å². The van der Waals surface area contributed by atoms with Gasteiger partial charge in [-0.25, -0.2) is 0 Å². The summed E-state index contributed by atoms with van der Waals surface area (Å²) in [6, 6.07) is 3.32. The molecular formula is C9H8F3N3O3. The van der Waals surface area contributed by atoms with Crippen molar-refractivity contribution in [1.82, 2.24) is 5.32 Å². The molecule has 0 atom stereocenters. The topological polar surface area (TPSA) is 98.3 Å². The number of nitrogen functional groups attached to an aromatic ring is 1. The van der Waals surface area contributed by atoms with E-state index in [1.165, 1.54) is 0 Å². The van der Waals surface area contributed by atoms with Gasteiger partial charge in [0, 0.05) is 6.07 Å². The zero-order chi connectivity index (χ0) is 13.9. The third kappa shape index (κ3) is 3.34. The van der Waals surface area contributed by atoms with Crippen LogP contribution < -0.4 is 11.1 Å². The molecule has 0 aromatic heterocycles. The van der Waals surface area contributed by atoms with Crippen molar-refractivity contribution < 1.29 is 22.9 Å². The first-order chi connectivity index (χ1) is 8.22. The Balaban J connectivity index is 2.93. The fourth-order valence-corrected chi connectivity index (χ4v) is 1.19. The first kappa shape index (κ1) is 13.7. The van der Waals surface area contributed by atoms with Crippen molar-refractivity contribution in [2.75, 3.05) is 12.3 Å². The van der Waals surface area contributed by atoms with Gasteiger partial charge >= 0.3 is 6.18 Å². The second-order valence-electron chi connectivity index (χ2n) is 3.29. The minimum Gasteiger partial charge on any atom is -0.393 e. The molecule has 0 aliphatic rings. The Hall–Kier alpha value is -2.32. The van der Waals surface area contributed by atoms with E-state index in [0.29, 0.717) is 0 Å². The molecule has 1 rings (SSSR count). The van der Waals surface area contributed by atoms with Gasteiger partial charge in [-0.05, 0) is 6.07 Å². The van der Waals surface area contributed by atoms with Crippen LogP contribution in [-0.4, -0.2) is 23.6 Å². The number of nitrogens with zero attached hydrogens (tertiary/aromatic N) is 1. The second kappa shape index (κ2) is 4.90. The lowest BCUT2D eigenvalue weighted by atomic mass is 10.1. The van der Waals surface area contributed by atoms with E-state index in [9.17, 15) is 28.1 Å². The van der Waals surface area contributed by atoms with Gasteiger partial charge in [0.05, 0.1) is 10.5 Å². The van der Waals surface area contributed by atoms with Gasteiger partial charge in [-0.15, -0.1) is 0 Å². The number of halogens is 3. The number of anilines is 1. The Morgan fingerprint density at radius 3 is 2.56 bits per heavy atom. The van der Waals surface area contributed by atoms with Crippen molar-refractivity contribution in [2.24, 2.45) is 0 Å². The molecule has 0 aliphatic carbocycles. The number of carbonyl (C=O) groups excluding carboxylic acids is 1. The number of para-hydroxylation sites is 1. The zero-order valence-corrected chi connectivity index (χ0v) is 8.82.